The lowest BCUT2D eigenvalue weighted by Gasteiger charge is -2.23. The number of benzene rings is 1. The lowest BCUT2D eigenvalue weighted by molar-refractivity contribution is -0.125. The number of thiophene rings is 1. The number of methoxy groups -OCH3 is 1. The molecular weight excluding hydrogens is 426 g/mol. The highest BCUT2D eigenvalue weighted by Crippen LogP contribution is 2.28. The molecule has 1 atom stereocenters. The van der Waals surface area contributed by atoms with Gasteiger partial charge in [0.25, 0.3) is 5.91 Å². The van der Waals surface area contributed by atoms with Crippen LogP contribution in [0.3, 0.4) is 0 Å². The second-order valence-corrected chi connectivity index (χ2v) is 8.66. The maximum absolute atomic E-state index is 12.8. The van der Waals surface area contributed by atoms with Crippen molar-refractivity contribution in [2.75, 3.05) is 39.9 Å². The Labute approximate surface area is 194 Å². The zero-order valence-corrected chi connectivity index (χ0v) is 20.0. The van der Waals surface area contributed by atoms with E-state index < -0.39 is 6.04 Å². The Morgan fingerprint density at radius 2 is 2.03 bits per heavy atom. The number of rotatable bonds is 11. The van der Waals surface area contributed by atoms with Gasteiger partial charge in [0, 0.05) is 19.6 Å². The molecule has 0 bridgehead atoms. The number of carbonyl (C=O) groups is 2. The highest BCUT2D eigenvalue weighted by atomic mass is 32.1. The number of hydrogen-bond donors (Lipinski definition) is 1. The standard InChI is InChI=1S/C24H33N3O4S/c1-4-26(5-2)13-14-31-20-11-10-18(16-21(20)30-3)17-25-23(28)19-8-6-12-27(19)24(29)22-9-7-15-32-22/h7,9-11,15-16,19H,4-6,8,12-14,17H2,1-3H3,(H,25,28)/t19-/m0/s1. The van der Waals surface area contributed by atoms with E-state index in [0.29, 0.717) is 42.5 Å². The van der Waals surface area contributed by atoms with Crippen molar-refractivity contribution < 1.29 is 19.1 Å². The van der Waals surface area contributed by atoms with Crippen LogP contribution in [-0.2, 0) is 11.3 Å². The third-order valence-corrected chi connectivity index (χ3v) is 6.66. The molecule has 1 aliphatic rings. The zero-order chi connectivity index (χ0) is 22.9. The Balaban J connectivity index is 1.55. The van der Waals surface area contributed by atoms with Gasteiger partial charge in [-0.3, -0.25) is 9.59 Å². The van der Waals surface area contributed by atoms with Gasteiger partial charge in [-0.25, -0.2) is 0 Å². The molecule has 0 aliphatic carbocycles. The van der Waals surface area contributed by atoms with Gasteiger partial charge >= 0.3 is 0 Å². The number of ether oxygens (including phenoxy) is 2. The van der Waals surface area contributed by atoms with Crippen LogP contribution >= 0.6 is 11.3 Å². The molecule has 0 radical (unpaired) electrons. The molecule has 2 amide bonds. The summed E-state index contributed by atoms with van der Waals surface area (Å²) in [7, 11) is 1.61. The van der Waals surface area contributed by atoms with E-state index in [-0.39, 0.29) is 11.8 Å². The van der Waals surface area contributed by atoms with Crippen LogP contribution in [-0.4, -0.2) is 67.6 Å². The first-order valence-electron chi connectivity index (χ1n) is 11.2. The molecule has 0 saturated carbocycles. The van der Waals surface area contributed by atoms with Crippen molar-refractivity contribution in [3.8, 4) is 11.5 Å². The van der Waals surface area contributed by atoms with Gasteiger partial charge in [-0.1, -0.05) is 26.0 Å². The van der Waals surface area contributed by atoms with E-state index in [2.05, 4.69) is 24.1 Å². The van der Waals surface area contributed by atoms with E-state index >= 15 is 0 Å². The number of nitrogens with zero attached hydrogens (tertiary/aromatic N) is 2. The second-order valence-electron chi connectivity index (χ2n) is 7.71. The Bertz CT molecular complexity index is 883. The fourth-order valence-electron chi connectivity index (χ4n) is 3.90. The van der Waals surface area contributed by atoms with Crippen molar-refractivity contribution in [1.82, 2.24) is 15.1 Å². The SMILES string of the molecule is CCN(CC)CCOc1ccc(CNC(=O)[C@@H]2CCCN2C(=O)c2cccs2)cc1OC. The normalized spacial score (nSPS) is 15.8. The van der Waals surface area contributed by atoms with Gasteiger partial charge in [-0.2, -0.15) is 0 Å². The van der Waals surface area contributed by atoms with Gasteiger partial charge in [0.2, 0.25) is 5.91 Å². The average Bonchev–Trinajstić information content (AvgIpc) is 3.53. The summed E-state index contributed by atoms with van der Waals surface area (Å²) >= 11 is 1.41. The lowest BCUT2D eigenvalue weighted by Crippen LogP contribution is -2.45. The fraction of sp³-hybridized carbons (Fsp3) is 0.500. The third kappa shape index (κ3) is 6.01. The summed E-state index contributed by atoms with van der Waals surface area (Å²) in [5.74, 6) is 1.15. The number of nitrogens with one attached hydrogen (secondary N) is 1. The highest BCUT2D eigenvalue weighted by molar-refractivity contribution is 7.12. The Kier molecular flexibility index (Phi) is 8.93. The Morgan fingerprint density at radius 3 is 2.72 bits per heavy atom. The quantitative estimate of drug-likeness (QED) is 0.558. The summed E-state index contributed by atoms with van der Waals surface area (Å²) < 4.78 is 11.4. The largest absolute Gasteiger partial charge is 0.493 e. The van der Waals surface area contributed by atoms with E-state index in [1.807, 2.05) is 29.6 Å². The monoisotopic (exact) mass is 459 g/mol. The first-order chi connectivity index (χ1) is 15.6. The number of hydrogen-bond acceptors (Lipinski definition) is 6. The van der Waals surface area contributed by atoms with E-state index in [4.69, 9.17) is 9.47 Å². The van der Waals surface area contributed by atoms with Crippen LogP contribution in [0.15, 0.2) is 35.7 Å². The summed E-state index contributed by atoms with van der Waals surface area (Å²) in [6, 6.07) is 8.93. The van der Waals surface area contributed by atoms with Crippen LogP contribution in [0.5, 0.6) is 11.5 Å². The Hall–Kier alpha value is -2.58. The van der Waals surface area contributed by atoms with E-state index in [1.54, 1.807) is 18.1 Å². The first kappa shape index (κ1) is 24.1. The number of amides is 2. The lowest BCUT2D eigenvalue weighted by atomic mass is 10.1. The molecule has 1 fully saturated rings. The van der Waals surface area contributed by atoms with E-state index in [1.165, 1.54) is 11.3 Å². The van der Waals surface area contributed by atoms with Gasteiger partial charge in [0.15, 0.2) is 11.5 Å². The molecule has 1 N–H and O–H groups in total. The molecule has 1 aromatic heterocycles. The summed E-state index contributed by atoms with van der Waals surface area (Å²) in [4.78, 5) is 30.2. The number of likely N-dealkylation sites (N-methyl/N-ethyl adjacent to an activating group) is 1. The van der Waals surface area contributed by atoms with Crippen molar-refractivity contribution in [1.29, 1.82) is 0 Å². The molecule has 7 nitrogen and oxygen atoms in total. The van der Waals surface area contributed by atoms with Crippen LogP contribution in [0.4, 0.5) is 0 Å². The van der Waals surface area contributed by atoms with Crippen LogP contribution in [0.1, 0.15) is 41.9 Å². The molecule has 2 heterocycles. The predicted octanol–water partition coefficient (Wildman–Crippen LogP) is 3.40. The van der Waals surface area contributed by atoms with Crippen LogP contribution < -0.4 is 14.8 Å². The first-order valence-corrected chi connectivity index (χ1v) is 12.1. The van der Waals surface area contributed by atoms with Gasteiger partial charge in [-0.05, 0) is 55.1 Å². The molecule has 1 aromatic carbocycles. The number of carbonyl (C=O) groups excluding carboxylic acids is 2. The summed E-state index contributed by atoms with van der Waals surface area (Å²) in [6.45, 7) is 8.68. The van der Waals surface area contributed by atoms with E-state index in [0.717, 1.165) is 31.6 Å². The van der Waals surface area contributed by atoms with Crippen molar-refractivity contribution in [2.24, 2.45) is 0 Å². The molecule has 0 spiro atoms. The van der Waals surface area contributed by atoms with E-state index in [9.17, 15) is 9.59 Å². The molecule has 8 heteroatoms. The minimum absolute atomic E-state index is 0.0643. The molecule has 32 heavy (non-hydrogen) atoms. The van der Waals surface area contributed by atoms with Crippen LogP contribution in [0.25, 0.3) is 0 Å². The average molecular weight is 460 g/mol. The van der Waals surface area contributed by atoms with Crippen LogP contribution in [0.2, 0.25) is 0 Å². The molecule has 0 unspecified atom stereocenters. The van der Waals surface area contributed by atoms with Gasteiger partial charge in [0.1, 0.15) is 12.6 Å². The van der Waals surface area contributed by atoms with Crippen molar-refractivity contribution in [2.45, 2.75) is 39.3 Å². The Morgan fingerprint density at radius 1 is 1.22 bits per heavy atom. The second kappa shape index (κ2) is 11.9. The molecular formula is C24H33N3O4S. The third-order valence-electron chi connectivity index (χ3n) is 5.80. The van der Waals surface area contributed by atoms with Gasteiger partial charge in [-0.15, -0.1) is 11.3 Å². The molecule has 1 saturated heterocycles. The molecule has 1 aliphatic heterocycles. The molecule has 3 rings (SSSR count). The maximum Gasteiger partial charge on any atom is 0.264 e. The predicted molar refractivity (Wildman–Crippen MR) is 127 cm³/mol. The minimum atomic E-state index is -0.422. The van der Waals surface area contributed by atoms with Gasteiger partial charge < -0.3 is 24.6 Å². The summed E-state index contributed by atoms with van der Waals surface area (Å²) in [5, 5.41) is 4.86. The smallest absolute Gasteiger partial charge is 0.264 e. The van der Waals surface area contributed by atoms with Crippen molar-refractivity contribution in [3.63, 3.8) is 0 Å². The maximum atomic E-state index is 12.8. The topological polar surface area (TPSA) is 71.1 Å². The van der Waals surface area contributed by atoms with Gasteiger partial charge in [0.05, 0.1) is 12.0 Å². The molecule has 2 aromatic rings. The number of likely N-dealkylation sites (tertiary alicyclic amines) is 1. The van der Waals surface area contributed by atoms with Crippen LogP contribution in [0, 0.1) is 0 Å². The fourth-order valence-corrected chi connectivity index (χ4v) is 4.58. The summed E-state index contributed by atoms with van der Waals surface area (Å²) in [5.41, 5.74) is 0.917. The van der Waals surface area contributed by atoms with Crippen molar-refractivity contribution >= 4 is 23.2 Å². The highest BCUT2D eigenvalue weighted by Gasteiger charge is 2.34. The zero-order valence-electron chi connectivity index (χ0n) is 19.1. The minimum Gasteiger partial charge on any atom is -0.493 e. The molecule has 174 valence electrons. The summed E-state index contributed by atoms with van der Waals surface area (Å²) in [6.07, 6.45) is 1.52. The van der Waals surface area contributed by atoms with Crippen molar-refractivity contribution in [3.05, 3.63) is 46.2 Å².